The largest absolute Gasteiger partial charge is 0.490 e. The Kier molecular flexibility index (Phi) is 6.33. The lowest BCUT2D eigenvalue weighted by atomic mass is 10.1. The smallest absolute Gasteiger partial charge is 0.410 e. The minimum absolute atomic E-state index is 0.0164. The fourth-order valence-electron chi connectivity index (χ4n) is 3.88. The molecular formula is C25H30N2O6S. The standard InChI is InChI=1S/C25H30N2O6S/c1-16-14-18(31-17-10-12-27(13-11-17)24(28)33-25(2,3)4)6-8-20(16)23-26-21-15-19(34(5,29)30)7-9-22(21)32-23/h6-9,14-15,17H,10-13H2,1-5H3. The predicted molar refractivity (Wildman–Crippen MR) is 129 cm³/mol. The third-order valence-electron chi connectivity index (χ3n) is 5.61. The van der Waals surface area contributed by atoms with Crippen LogP contribution in [0.15, 0.2) is 45.7 Å². The summed E-state index contributed by atoms with van der Waals surface area (Å²) in [5, 5.41) is 0. The lowest BCUT2D eigenvalue weighted by molar-refractivity contribution is 0.0126. The SMILES string of the molecule is Cc1cc(OC2CCN(C(=O)OC(C)(C)C)CC2)ccc1-c1nc2cc(S(C)(=O)=O)ccc2o1. The Morgan fingerprint density at radius 3 is 2.44 bits per heavy atom. The van der Waals surface area contributed by atoms with Crippen LogP contribution < -0.4 is 4.74 Å². The molecular weight excluding hydrogens is 456 g/mol. The van der Waals surface area contributed by atoms with Crippen LogP contribution in [0.2, 0.25) is 0 Å². The maximum atomic E-state index is 12.2. The number of amides is 1. The maximum absolute atomic E-state index is 12.2. The molecule has 1 amide bonds. The van der Waals surface area contributed by atoms with E-state index in [9.17, 15) is 13.2 Å². The summed E-state index contributed by atoms with van der Waals surface area (Å²) in [4.78, 5) is 18.7. The number of piperidine rings is 1. The van der Waals surface area contributed by atoms with Gasteiger partial charge in [0.25, 0.3) is 0 Å². The summed E-state index contributed by atoms with van der Waals surface area (Å²) in [5.74, 6) is 1.17. The number of carbonyl (C=O) groups is 1. The van der Waals surface area contributed by atoms with E-state index in [1.54, 1.807) is 11.0 Å². The molecule has 8 nitrogen and oxygen atoms in total. The fourth-order valence-corrected chi connectivity index (χ4v) is 4.52. The number of nitrogens with zero attached hydrogens (tertiary/aromatic N) is 2. The van der Waals surface area contributed by atoms with Gasteiger partial charge in [0.1, 0.15) is 23.0 Å². The molecule has 0 saturated carbocycles. The van der Waals surface area contributed by atoms with Gasteiger partial charge < -0.3 is 18.8 Å². The highest BCUT2D eigenvalue weighted by atomic mass is 32.2. The van der Waals surface area contributed by atoms with Crippen LogP contribution >= 0.6 is 0 Å². The molecule has 1 aliphatic heterocycles. The van der Waals surface area contributed by atoms with Crippen LogP contribution in [0.4, 0.5) is 4.79 Å². The van der Waals surface area contributed by atoms with Crippen LogP contribution in [0.25, 0.3) is 22.6 Å². The lowest BCUT2D eigenvalue weighted by Crippen LogP contribution is -2.44. The minimum atomic E-state index is -3.32. The van der Waals surface area contributed by atoms with Crippen molar-refractivity contribution in [2.24, 2.45) is 0 Å². The quantitative estimate of drug-likeness (QED) is 0.512. The molecule has 0 bridgehead atoms. The van der Waals surface area contributed by atoms with Crippen molar-refractivity contribution in [1.29, 1.82) is 0 Å². The summed E-state index contributed by atoms with van der Waals surface area (Å²) in [6.45, 7) is 8.72. The van der Waals surface area contributed by atoms with Crippen molar-refractivity contribution in [1.82, 2.24) is 9.88 Å². The second-order valence-electron chi connectivity index (χ2n) is 9.68. The Morgan fingerprint density at radius 1 is 1.12 bits per heavy atom. The van der Waals surface area contributed by atoms with E-state index in [2.05, 4.69) is 4.98 Å². The molecule has 1 aromatic heterocycles. The van der Waals surface area contributed by atoms with Gasteiger partial charge in [-0.15, -0.1) is 0 Å². The number of carbonyl (C=O) groups excluding carboxylic acids is 1. The van der Waals surface area contributed by atoms with E-state index in [-0.39, 0.29) is 17.1 Å². The number of likely N-dealkylation sites (tertiary alicyclic amines) is 1. The average molecular weight is 487 g/mol. The average Bonchev–Trinajstić information content (AvgIpc) is 3.15. The zero-order valence-corrected chi connectivity index (χ0v) is 20.9. The number of fused-ring (bicyclic) bond motifs is 1. The van der Waals surface area contributed by atoms with Crippen molar-refractivity contribution in [3.8, 4) is 17.2 Å². The monoisotopic (exact) mass is 486 g/mol. The number of ether oxygens (including phenoxy) is 2. The number of aromatic nitrogens is 1. The molecule has 1 aliphatic rings. The summed E-state index contributed by atoms with van der Waals surface area (Å²) in [7, 11) is -3.32. The maximum Gasteiger partial charge on any atom is 0.410 e. The zero-order chi connectivity index (χ0) is 24.7. The second kappa shape index (κ2) is 8.94. The normalized spacial score (nSPS) is 15.5. The van der Waals surface area contributed by atoms with Crippen molar-refractivity contribution >= 4 is 27.0 Å². The number of rotatable bonds is 4. The number of hydrogen-bond acceptors (Lipinski definition) is 7. The molecule has 0 radical (unpaired) electrons. The molecule has 1 saturated heterocycles. The van der Waals surface area contributed by atoms with Gasteiger partial charge in [-0.25, -0.2) is 18.2 Å². The van der Waals surface area contributed by atoms with E-state index in [0.717, 1.165) is 29.7 Å². The van der Waals surface area contributed by atoms with Crippen LogP contribution in [0, 0.1) is 6.92 Å². The molecule has 0 N–H and O–H groups in total. The van der Waals surface area contributed by atoms with E-state index in [1.165, 1.54) is 18.4 Å². The topological polar surface area (TPSA) is 98.9 Å². The predicted octanol–water partition coefficient (Wildman–Crippen LogP) is 4.99. The molecule has 4 rings (SSSR count). The van der Waals surface area contributed by atoms with Gasteiger partial charge in [-0.05, 0) is 69.7 Å². The Bertz CT molecular complexity index is 1310. The van der Waals surface area contributed by atoms with Crippen LogP contribution in [-0.4, -0.2) is 55.4 Å². The number of hydrogen-bond donors (Lipinski definition) is 0. The first-order chi connectivity index (χ1) is 15.9. The molecule has 0 unspecified atom stereocenters. The molecule has 0 aliphatic carbocycles. The molecule has 3 aromatic rings. The van der Waals surface area contributed by atoms with Crippen molar-refractivity contribution in [2.45, 2.75) is 57.1 Å². The van der Waals surface area contributed by atoms with Crippen LogP contribution in [0.5, 0.6) is 5.75 Å². The van der Waals surface area contributed by atoms with Gasteiger partial charge in [0.2, 0.25) is 5.89 Å². The first kappa shape index (κ1) is 24.1. The van der Waals surface area contributed by atoms with Crippen LogP contribution in [-0.2, 0) is 14.6 Å². The third-order valence-corrected chi connectivity index (χ3v) is 6.72. The van der Waals surface area contributed by atoms with Crippen molar-refractivity contribution in [3.63, 3.8) is 0 Å². The highest BCUT2D eigenvalue weighted by Crippen LogP contribution is 2.31. The first-order valence-corrected chi connectivity index (χ1v) is 13.1. The highest BCUT2D eigenvalue weighted by molar-refractivity contribution is 7.90. The molecule has 0 spiro atoms. The van der Waals surface area contributed by atoms with E-state index in [1.807, 2.05) is 45.9 Å². The van der Waals surface area contributed by atoms with Crippen molar-refractivity contribution in [2.75, 3.05) is 19.3 Å². The van der Waals surface area contributed by atoms with Gasteiger partial charge in [-0.1, -0.05) is 0 Å². The highest BCUT2D eigenvalue weighted by Gasteiger charge is 2.27. The molecule has 9 heteroatoms. The summed E-state index contributed by atoms with van der Waals surface area (Å²) < 4.78 is 41.1. The molecule has 34 heavy (non-hydrogen) atoms. The Balaban J connectivity index is 1.43. The molecule has 1 fully saturated rings. The van der Waals surface area contributed by atoms with Gasteiger partial charge in [-0.2, -0.15) is 0 Å². The minimum Gasteiger partial charge on any atom is -0.490 e. The lowest BCUT2D eigenvalue weighted by Gasteiger charge is -2.33. The van der Waals surface area contributed by atoms with E-state index in [4.69, 9.17) is 13.9 Å². The molecule has 2 aromatic carbocycles. The number of aryl methyl sites for hydroxylation is 1. The number of benzene rings is 2. The van der Waals surface area contributed by atoms with Gasteiger partial charge in [0, 0.05) is 37.8 Å². The molecule has 182 valence electrons. The summed E-state index contributed by atoms with van der Waals surface area (Å²) in [6.07, 6.45) is 2.36. The van der Waals surface area contributed by atoms with Crippen molar-refractivity contribution in [3.05, 3.63) is 42.0 Å². The molecule has 0 atom stereocenters. The van der Waals surface area contributed by atoms with Gasteiger partial charge in [-0.3, -0.25) is 0 Å². The Morgan fingerprint density at radius 2 is 1.82 bits per heavy atom. The Labute approximate surface area is 199 Å². The Hall–Kier alpha value is -3.07. The van der Waals surface area contributed by atoms with E-state index in [0.29, 0.717) is 30.1 Å². The second-order valence-corrected chi connectivity index (χ2v) is 11.7. The fraction of sp³-hybridized carbons (Fsp3) is 0.440. The third kappa shape index (κ3) is 5.52. The van der Waals surface area contributed by atoms with Crippen LogP contribution in [0.1, 0.15) is 39.2 Å². The van der Waals surface area contributed by atoms with Crippen LogP contribution in [0.3, 0.4) is 0 Å². The van der Waals surface area contributed by atoms with Gasteiger partial charge in [0.05, 0.1) is 4.90 Å². The summed E-state index contributed by atoms with van der Waals surface area (Å²) in [5.41, 5.74) is 2.25. The number of oxazole rings is 1. The van der Waals surface area contributed by atoms with Crippen molar-refractivity contribution < 1.29 is 27.1 Å². The van der Waals surface area contributed by atoms with E-state index < -0.39 is 15.4 Å². The summed E-state index contributed by atoms with van der Waals surface area (Å²) >= 11 is 0. The van der Waals surface area contributed by atoms with E-state index >= 15 is 0 Å². The first-order valence-electron chi connectivity index (χ1n) is 11.3. The van der Waals surface area contributed by atoms with Gasteiger partial charge >= 0.3 is 6.09 Å². The number of sulfone groups is 1. The molecule has 2 heterocycles. The van der Waals surface area contributed by atoms with Gasteiger partial charge in [0.15, 0.2) is 15.4 Å². The zero-order valence-electron chi connectivity index (χ0n) is 20.1. The summed E-state index contributed by atoms with van der Waals surface area (Å²) in [6, 6.07) is 10.4.